The molecule has 0 heterocycles. The molecular weight excluding hydrogens is 446 g/mol. The summed E-state index contributed by atoms with van der Waals surface area (Å²) in [6.07, 6.45) is 4.10. The van der Waals surface area contributed by atoms with Crippen LogP contribution in [0.4, 0.5) is 0 Å². The molecule has 0 bridgehead atoms. The minimum absolute atomic E-state index is 0.0750. The van der Waals surface area contributed by atoms with Crippen LogP contribution >= 0.6 is 0 Å². The third kappa shape index (κ3) is 17.0. The Morgan fingerprint density at radius 3 is 2.00 bits per heavy atom. The van der Waals surface area contributed by atoms with Gasteiger partial charge in [-0.2, -0.15) is 0 Å². The Hall–Kier alpha value is -3.67. The molecule has 0 fully saturated rings. The number of aliphatic carboxylic acids is 3. The lowest BCUT2D eigenvalue weighted by Crippen LogP contribution is -2.42. The molecule has 0 aliphatic rings. The van der Waals surface area contributed by atoms with Crippen molar-refractivity contribution in [2.24, 2.45) is 22.2 Å². The maximum Gasteiger partial charge on any atom is 0.326 e. The number of amides is 1. The zero-order valence-corrected chi connectivity index (χ0v) is 19.1. The van der Waals surface area contributed by atoms with Crippen molar-refractivity contribution < 1.29 is 34.5 Å². The smallest absolute Gasteiger partial charge is 0.326 e. The largest absolute Gasteiger partial charge is 0.481 e. The third-order valence-corrected chi connectivity index (χ3v) is 4.48. The van der Waals surface area contributed by atoms with Crippen LogP contribution in [-0.4, -0.2) is 63.7 Å². The fourth-order valence-corrected chi connectivity index (χ4v) is 2.73. The van der Waals surface area contributed by atoms with Gasteiger partial charge in [-0.3, -0.25) is 19.4 Å². The van der Waals surface area contributed by atoms with Gasteiger partial charge in [-0.1, -0.05) is 49.6 Å². The summed E-state index contributed by atoms with van der Waals surface area (Å²) in [5, 5.41) is 28.1. The maximum absolute atomic E-state index is 11.5. The molecule has 0 aliphatic heterocycles. The van der Waals surface area contributed by atoms with Crippen molar-refractivity contribution >= 4 is 29.8 Å². The Bertz CT molecular complexity index is 798. The average Bonchev–Trinajstić information content (AvgIpc) is 2.75. The molecule has 190 valence electrons. The fourth-order valence-electron chi connectivity index (χ4n) is 2.73. The highest BCUT2D eigenvalue weighted by atomic mass is 16.4. The molecule has 1 rings (SSSR count). The first-order chi connectivity index (χ1) is 16.0. The molecule has 2 atom stereocenters. The van der Waals surface area contributed by atoms with Crippen LogP contribution < -0.4 is 22.5 Å². The lowest BCUT2D eigenvalue weighted by molar-refractivity contribution is -0.147. The van der Waals surface area contributed by atoms with E-state index in [1.807, 2.05) is 30.3 Å². The zero-order chi connectivity index (χ0) is 25.9. The van der Waals surface area contributed by atoms with E-state index in [1.165, 1.54) is 0 Å². The van der Waals surface area contributed by atoms with Crippen LogP contribution in [0.3, 0.4) is 0 Å². The summed E-state index contributed by atoms with van der Waals surface area (Å²) in [5.41, 5.74) is 16.7. The number of carboxylic acid groups (broad SMARTS) is 3. The van der Waals surface area contributed by atoms with Gasteiger partial charge in [-0.15, -0.1) is 0 Å². The lowest BCUT2D eigenvalue weighted by atomic mass is 10.1. The van der Waals surface area contributed by atoms with Crippen molar-refractivity contribution in [3.63, 3.8) is 0 Å². The first-order valence-corrected chi connectivity index (χ1v) is 10.8. The highest BCUT2D eigenvalue weighted by Gasteiger charge is 2.22. The average molecular weight is 482 g/mol. The molecule has 12 nitrogen and oxygen atoms in total. The van der Waals surface area contributed by atoms with E-state index < -0.39 is 42.3 Å². The van der Waals surface area contributed by atoms with Gasteiger partial charge in [0.05, 0.1) is 6.42 Å². The Balaban J connectivity index is 0.000000757. The predicted molar refractivity (Wildman–Crippen MR) is 126 cm³/mol. The predicted octanol–water partition coefficient (Wildman–Crippen LogP) is 0.286. The summed E-state index contributed by atoms with van der Waals surface area (Å²) in [6, 6.07) is 7.16. The summed E-state index contributed by atoms with van der Waals surface area (Å²) in [4.78, 5) is 47.0. The standard InChI is InChI=1S/C13H24N4O5.C9H11NO2/c14-13(15)16-7-5-3-1-2-4-6-10(18)17-9(12(21)22)8-11(19)20;10-8(9(11)12)6-7-4-2-1-3-5-7/h9H,1-8H2,(H,17,18)(H,19,20)(H,21,22)(H4,14,15,16);1-5,8H,6,10H2,(H,11,12)/t9-;8-/m00/s1. The van der Waals surface area contributed by atoms with E-state index in [2.05, 4.69) is 10.3 Å². The van der Waals surface area contributed by atoms with Crippen LogP contribution in [0.25, 0.3) is 0 Å². The van der Waals surface area contributed by atoms with Crippen LogP contribution in [-0.2, 0) is 25.6 Å². The summed E-state index contributed by atoms with van der Waals surface area (Å²) >= 11 is 0. The van der Waals surface area contributed by atoms with Crippen LogP contribution in [0.1, 0.15) is 50.5 Å². The van der Waals surface area contributed by atoms with Gasteiger partial charge in [0.25, 0.3) is 0 Å². The Morgan fingerprint density at radius 1 is 0.882 bits per heavy atom. The van der Waals surface area contributed by atoms with Gasteiger partial charge >= 0.3 is 17.9 Å². The summed E-state index contributed by atoms with van der Waals surface area (Å²) in [7, 11) is 0. The van der Waals surface area contributed by atoms with Crippen LogP contribution in [0.2, 0.25) is 0 Å². The van der Waals surface area contributed by atoms with Crippen molar-refractivity contribution in [3.05, 3.63) is 35.9 Å². The second-order valence-electron chi connectivity index (χ2n) is 7.52. The summed E-state index contributed by atoms with van der Waals surface area (Å²) in [5.74, 6) is -3.96. The number of guanidine groups is 1. The molecule has 0 saturated carbocycles. The number of rotatable bonds is 15. The van der Waals surface area contributed by atoms with Gasteiger partial charge in [0.15, 0.2) is 5.96 Å². The van der Waals surface area contributed by atoms with Gasteiger partial charge in [0.1, 0.15) is 12.1 Å². The van der Waals surface area contributed by atoms with E-state index >= 15 is 0 Å². The van der Waals surface area contributed by atoms with Gasteiger partial charge in [-0.25, -0.2) is 4.79 Å². The monoisotopic (exact) mass is 481 g/mol. The minimum Gasteiger partial charge on any atom is -0.481 e. The minimum atomic E-state index is -1.38. The quantitative estimate of drug-likeness (QED) is 0.103. The molecule has 10 N–H and O–H groups in total. The molecule has 0 aromatic heterocycles. The van der Waals surface area contributed by atoms with E-state index in [9.17, 15) is 19.2 Å². The summed E-state index contributed by atoms with van der Waals surface area (Å²) in [6.45, 7) is 0.582. The van der Waals surface area contributed by atoms with Crippen molar-refractivity contribution in [2.45, 2.75) is 63.5 Å². The van der Waals surface area contributed by atoms with Gasteiger partial charge in [-0.05, 0) is 24.8 Å². The number of hydrogen-bond donors (Lipinski definition) is 7. The first kappa shape index (κ1) is 30.3. The van der Waals surface area contributed by atoms with Crippen molar-refractivity contribution in [1.82, 2.24) is 5.32 Å². The van der Waals surface area contributed by atoms with Crippen LogP contribution in [0.15, 0.2) is 35.3 Å². The molecule has 0 aliphatic carbocycles. The molecule has 0 saturated heterocycles. The molecule has 0 unspecified atom stereocenters. The number of carboxylic acids is 3. The number of aliphatic imine (C=N–C) groups is 1. The van der Waals surface area contributed by atoms with E-state index in [-0.39, 0.29) is 12.4 Å². The maximum atomic E-state index is 11.5. The molecule has 1 aromatic carbocycles. The summed E-state index contributed by atoms with van der Waals surface area (Å²) < 4.78 is 0. The van der Waals surface area contributed by atoms with Crippen molar-refractivity contribution in [1.29, 1.82) is 0 Å². The van der Waals surface area contributed by atoms with Crippen molar-refractivity contribution in [3.8, 4) is 0 Å². The molecule has 0 spiro atoms. The number of hydrogen-bond acceptors (Lipinski definition) is 6. The highest BCUT2D eigenvalue weighted by Crippen LogP contribution is 2.06. The van der Waals surface area contributed by atoms with Crippen molar-refractivity contribution in [2.75, 3.05) is 6.54 Å². The Morgan fingerprint density at radius 2 is 1.47 bits per heavy atom. The van der Waals surface area contributed by atoms with E-state index in [4.69, 9.17) is 32.5 Å². The number of nitrogens with two attached hydrogens (primary N) is 3. The number of unbranched alkanes of at least 4 members (excludes halogenated alkanes) is 4. The third-order valence-electron chi connectivity index (χ3n) is 4.48. The Labute approximate surface area is 198 Å². The molecule has 34 heavy (non-hydrogen) atoms. The van der Waals surface area contributed by atoms with E-state index in [0.29, 0.717) is 19.4 Å². The highest BCUT2D eigenvalue weighted by molar-refractivity contribution is 5.86. The number of carbonyl (C=O) groups excluding carboxylic acids is 1. The second kappa shape index (κ2) is 17.8. The topological polar surface area (TPSA) is 231 Å². The van der Waals surface area contributed by atoms with Gasteiger partial charge in [0, 0.05) is 13.0 Å². The van der Waals surface area contributed by atoms with Crippen LogP contribution in [0, 0.1) is 0 Å². The molecular formula is C22H35N5O7. The zero-order valence-electron chi connectivity index (χ0n) is 19.1. The molecule has 1 amide bonds. The van der Waals surface area contributed by atoms with Gasteiger partial charge < -0.3 is 37.8 Å². The first-order valence-electron chi connectivity index (χ1n) is 10.8. The molecule has 12 heteroatoms. The second-order valence-corrected chi connectivity index (χ2v) is 7.52. The Kier molecular flexibility index (Phi) is 15.9. The van der Waals surface area contributed by atoms with Crippen LogP contribution in [0.5, 0.6) is 0 Å². The number of carbonyl (C=O) groups is 4. The number of nitrogens with one attached hydrogen (secondary N) is 1. The molecule has 0 radical (unpaired) electrons. The normalized spacial score (nSPS) is 11.8. The molecule has 1 aromatic rings. The lowest BCUT2D eigenvalue weighted by Gasteiger charge is -2.12. The van der Waals surface area contributed by atoms with E-state index in [1.54, 1.807) is 0 Å². The number of nitrogens with zero attached hydrogens (tertiary/aromatic N) is 1. The van der Waals surface area contributed by atoms with E-state index in [0.717, 1.165) is 31.2 Å². The number of benzene rings is 1. The van der Waals surface area contributed by atoms with Gasteiger partial charge in [0.2, 0.25) is 5.91 Å². The fraction of sp³-hybridized carbons (Fsp3) is 0.500. The SMILES string of the molecule is NC(N)=NCCCCCCCC(=O)N[C@@H](CC(=O)O)C(=O)O.N[C@@H](Cc1ccccc1)C(=O)O.